The fourth-order valence-corrected chi connectivity index (χ4v) is 2.23. The molecule has 1 unspecified atom stereocenters. The number of nitrogens with zero attached hydrogens (tertiary/aromatic N) is 2. The van der Waals surface area contributed by atoms with E-state index >= 15 is 0 Å². The third-order valence-electron chi connectivity index (χ3n) is 3.54. The first kappa shape index (κ1) is 18.2. The van der Waals surface area contributed by atoms with Crippen molar-refractivity contribution in [2.45, 2.75) is 13.0 Å². The molecular weight excluding hydrogens is 348 g/mol. The molecule has 3 aromatic rings. The van der Waals surface area contributed by atoms with E-state index in [1.807, 2.05) is 61.5 Å². The van der Waals surface area contributed by atoms with Crippen LogP contribution in [0.25, 0.3) is 0 Å². The number of hydrogen-bond donors (Lipinski definition) is 0. The Morgan fingerprint density at radius 1 is 0.963 bits per heavy atom. The maximum Gasteiger partial charge on any atom is 0.287 e. The Balaban J connectivity index is 1.48. The highest BCUT2D eigenvalue weighted by Crippen LogP contribution is 2.23. The van der Waals surface area contributed by atoms with E-state index in [1.165, 1.54) is 12.1 Å². The summed E-state index contributed by atoms with van der Waals surface area (Å²) >= 11 is 0. The summed E-state index contributed by atoms with van der Waals surface area (Å²) in [7, 11) is 0. The van der Waals surface area contributed by atoms with E-state index in [0.717, 1.165) is 11.9 Å². The van der Waals surface area contributed by atoms with Gasteiger partial charge in [-0.15, -0.1) is 0 Å². The van der Waals surface area contributed by atoms with Crippen LogP contribution >= 0.6 is 0 Å². The van der Waals surface area contributed by atoms with Gasteiger partial charge in [0, 0.05) is 12.1 Å². The number of rotatable bonds is 8. The highest BCUT2D eigenvalue weighted by molar-refractivity contribution is 5.35. The summed E-state index contributed by atoms with van der Waals surface area (Å²) in [6, 6.07) is 19.6. The summed E-state index contributed by atoms with van der Waals surface area (Å²) in [5.41, 5.74) is -0.0796. The Morgan fingerprint density at radius 3 is 2.26 bits per heavy atom. The number of pyridine rings is 1. The van der Waals surface area contributed by atoms with Crippen molar-refractivity contribution in [3.63, 3.8) is 0 Å². The van der Waals surface area contributed by atoms with E-state index in [4.69, 9.17) is 14.2 Å². The summed E-state index contributed by atoms with van der Waals surface area (Å²) in [4.78, 5) is 14.0. The van der Waals surface area contributed by atoms with Crippen LogP contribution in [0.3, 0.4) is 0 Å². The second-order valence-corrected chi connectivity index (χ2v) is 5.74. The van der Waals surface area contributed by atoms with Crippen LogP contribution in [0.4, 0.5) is 5.69 Å². The Hall–Kier alpha value is -3.61. The number of ether oxygens (including phenoxy) is 3. The summed E-state index contributed by atoms with van der Waals surface area (Å²) in [5.74, 6) is 2.47. The molecule has 1 heterocycles. The monoisotopic (exact) mass is 366 g/mol. The quantitative estimate of drug-likeness (QED) is 0.427. The lowest BCUT2D eigenvalue weighted by atomic mass is 10.3. The zero-order valence-electron chi connectivity index (χ0n) is 14.6. The molecule has 2 aromatic carbocycles. The molecule has 1 aromatic heterocycles. The van der Waals surface area contributed by atoms with Gasteiger partial charge in [0.15, 0.2) is 0 Å². The van der Waals surface area contributed by atoms with Gasteiger partial charge in [-0.3, -0.25) is 10.1 Å². The second kappa shape index (κ2) is 8.66. The van der Waals surface area contributed by atoms with Crippen molar-refractivity contribution in [2.75, 3.05) is 6.61 Å². The largest absolute Gasteiger partial charge is 0.490 e. The zero-order chi connectivity index (χ0) is 19.1. The average Bonchev–Trinajstić information content (AvgIpc) is 2.69. The van der Waals surface area contributed by atoms with Gasteiger partial charge in [0.25, 0.3) is 5.69 Å². The molecule has 0 amide bonds. The number of benzene rings is 2. The number of para-hydroxylation sites is 1. The number of aromatic nitrogens is 1. The SMILES string of the molecule is CC(COc1ccc(Oc2ccccc2)cc1)Oc1ccc([N+](=O)[O-])cn1. The highest BCUT2D eigenvalue weighted by Gasteiger charge is 2.10. The zero-order valence-corrected chi connectivity index (χ0v) is 14.6. The van der Waals surface area contributed by atoms with E-state index in [2.05, 4.69) is 4.98 Å². The second-order valence-electron chi connectivity index (χ2n) is 5.74. The van der Waals surface area contributed by atoms with Gasteiger partial charge in [0.2, 0.25) is 5.88 Å². The highest BCUT2D eigenvalue weighted by atomic mass is 16.6. The smallest absolute Gasteiger partial charge is 0.287 e. The molecule has 0 radical (unpaired) electrons. The van der Waals surface area contributed by atoms with Crippen molar-refractivity contribution >= 4 is 5.69 Å². The fraction of sp³-hybridized carbons (Fsp3) is 0.150. The van der Waals surface area contributed by atoms with Gasteiger partial charge in [-0.25, -0.2) is 4.98 Å². The van der Waals surface area contributed by atoms with Crippen LogP contribution in [-0.4, -0.2) is 22.6 Å². The molecule has 0 spiro atoms. The normalized spacial score (nSPS) is 11.4. The van der Waals surface area contributed by atoms with Crippen LogP contribution in [0.1, 0.15) is 6.92 Å². The topological polar surface area (TPSA) is 83.7 Å². The van der Waals surface area contributed by atoms with Gasteiger partial charge in [-0.1, -0.05) is 18.2 Å². The lowest BCUT2D eigenvalue weighted by Gasteiger charge is -2.15. The van der Waals surface area contributed by atoms with Crippen LogP contribution < -0.4 is 14.2 Å². The molecule has 0 N–H and O–H groups in total. The van der Waals surface area contributed by atoms with Crippen LogP contribution in [0.2, 0.25) is 0 Å². The molecule has 3 rings (SSSR count). The van der Waals surface area contributed by atoms with E-state index < -0.39 is 4.92 Å². The van der Waals surface area contributed by atoms with Crippen LogP contribution in [0, 0.1) is 10.1 Å². The minimum absolute atomic E-state index is 0.0796. The lowest BCUT2D eigenvalue weighted by Crippen LogP contribution is -2.21. The maximum absolute atomic E-state index is 10.6. The third kappa shape index (κ3) is 5.43. The van der Waals surface area contributed by atoms with Crippen molar-refractivity contribution in [2.24, 2.45) is 0 Å². The predicted molar refractivity (Wildman–Crippen MR) is 99.4 cm³/mol. The Bertz CT molecular complexity index is 867. The molecule has 27 heavy (non-hydrogen) atoms. The van der Waals surface area contributed by atoms with Gasteiger partial charge >= 0.3 is 0 Å². The standard InChI is InChI=1S/C20H18N2O5/c1-15(26-20-12-7-16(13-21-20)22(23)24)14-25-17-8-10-19(11-9-17)27-18-5-3-2-4-6-18/h2-13,15H,14H2,1H3. The molecule has 0 saturated heterocycles. The van der Waals surface area contributed by atoms with Crippen LogP contribution in [0.5, 0.6) is 23.1 Å². The van der Waals surface area contributed by atoms with Gasteiger partial charge in [-0.2, -0.15) is 0 Å². The van der Waals surface area contributed by atoms with E-state index in [1.54, 1.807) is 0 Å². The van der Waals surface area contributed by atoms with Crippen molar-refractivity contribution in [3.8, 4) is 23.1 Å². The minimum Gasteiger partial charge on any atom is -0.490 e. The van der Waals surface area contributed by atoms with Gasteiger partial charge in [-0.05, 0) is 43.3 Å². The predicted octanol–water partition coefficient (Wildman–Crippen LogP) is 4.63. The van der Waals surface area contributed by atoms with E-state index in [-0.39, 0.29) is 11.8 Å². The molecule has 0 aliphatic carbocycles. The number of hydrogen-bond acceptors (Lipinski definition) is 6. The molecule has 0 aliphatic rings. The Morgan fingerprint density at radius 2 is 1.63 bits per heavy atom. The summed E-state index contributed by atoms with van der Waals surface area (Å²) in [6.07, 6.45) is 0.883. The lowest BCUT2D eigenvalue weighted by molar-refractivity contribution is -0.385. The van der Waals surface area contributed by atoms with Crippen molar-refractivity contribution < 1.29 is 19.1 Å². The summed E-state index contributed by atoms with van der Waals surface area (Å²) in [5, 5.41) is 10.6. The average molecular weight is 366 g/mol. The summed E-state index contributed by atoms with van der Waals surface area (Å²) in [6.45, 7) is 2.13. The van der Waals surface area contributed by atoms with Crippen molar-refractivity contribution in [3.05, 3.63) is 83.0 Å². The third-order valence-corrected chi connectivity index (χ3v) is 3.54. The minimum atomic E-state index is -0.505. The first-order valence-electron chi connectivity index (χ1n) is 8.33. The van der Waals surface area contributed by atoms with Crippen molar-refractivity contribution in [1.29, 1.82) is 0 Å². The Labute approximate surface area is 156 Å². The molecule has 138 valence electrons. The van der Waals surface area contributed by atoms with Gasteiger partial charge < -0.3 is 14.2 Å². The first-order chi connectivity index (χ1) is 13.1. The van der Waals surface area contributed by atoms with E-state index in [9.17, 15) is 10.1 Å². The Kier molecular flexibility index (Phi) is 5.84. The molecular formula is C20H18N2O5. The van der Waals surface area contributed by atoms with Gasteiger partial charge in [0.05, 0.1) is 4.92 Å². The van der Waals surface area contributed by atoms with Crippen molar-refractivity contribution in [1.82, 2.24) is 4.98 Å². The van der Waals surface area contributed by atoms with E-state index in [0.29, 0.717) is 24.0 Å². The molecule has 0 bridgehead atoms. The maximum atomic E-state index is 10.6. The molecule has 1 atom stereocenters. The molecule has 7 heteroatoms. The molecule has 0 saturated carbocycles. The molecule has 0 aliphatic heterocycles. The molecule has 0 fully saturated rings. The fourth-order valence-electron chi connectivity index (χ4n) is 2.23. The van der Waals surface area contributed by atoms with Crippen LogP contribution in [-0.2, 0) is 0 Å². The summed E-state index contributed by atoms with van der Waals surface area (Å²) < 4.78 is 17.0. The van der Waals surface area contributed by atoms with Gasteiger partial charge in [0.1, 0.15) is 36.2 Å². The first-order valence-corrected chi connectivity index (χ1v) is 8.33. The van der Waals surface area contributed by atoms with Crippen LogP contribution in [0.15, 0.2) is 72.9 Å². The molecule has 7 nitrogen and oxygen atoms in total. The number of nitro groups is 1.